The summed E-state index contributed by atoms with van der Waals surface area (Å²) in [4.78, 5) is 0. The molecule has 2 heteroatoms. The van der Waals surface area contributed by atoms with Gasteiger partial charge in [-0.15, -0.1) is 0 Å². The first kappa shape index (κ1) is 7.80. The van der Waals surface area contributed by atoms with Crippen LogP contribution in [0.2, 0.25) is 0 Å². The molecule has 1 aromatic rings. The second-order valence-corrected chi connectivity index (χ2v) is 2.76. The Morgan fingerprint density at radius 1 is 1.00 bits per heavy atom. The van der Waals surface area contributed by atoms with E-state index in [0.717, 1.165) is 5.57 Å². The van der Waals surface area contributed by atoms with Crippen molar-refractivity contribution in [2.75, 3.05) is 0 Å². The van der Waals surface area contributed by atoms with Crippen LogP contribution in [0.5, 0.6) is 0 Å². The molecule has 1 aliphatic carbocycles. The van der Waals surface area contributed by atoms with E-state index in [1.807, 2.05) is 42.5 Å². The van der Waals surface area contributed by atoms with Crippen molar-refractivity contribution in [3.8, 4) is 0 Å². The van der Waals surface area contributed by atoms with Gasteiger partial charge in [0.25, 0.3) is 0 Å². The van der Waals surface area contributed by atoms with Crippen molar-refractivity contribution < 1.29 is 9.67 Å². The maximum atomic E-state index is 11.7. The third-order valence-corrected chi connectivity index (χ3v) is 1.86. The van der Waals surface area contributed by atoms with Gasteiger partial charge in [-0.3, -0.25) is 0 Å². The third kappa shape index (κ3) is 1.51. The predicted octanol–water partition coefficient (Wildman–Crippen LogP) is 0.629. The minimum Gasteiger partial charge on any atom is -0.822 e. The van der Waals surface area contributed by atoms with Gasteiger partial charge in [0, 0.05) is 17.7 Å². The van der Waals surface area contributed by atoms with Gasteiger partial charge in [-0.1, -0.05) is 18.2 Å². The lowest BCUT2D eigenvalue weighted by molar-refractivity contribution is -0.652. The second-order valence-electron chi connectivity index (χ2n) is 2.76. The zero-order valence-electron chi connectivity index (χ0n) is 7.05. The molecule has 0 fully saturated rings. The molecular formula is C11H9NO. The van der Waals surface area contributed by atoms with E-state index < -0.39 is 0 Å². The highest BCUT2D eigenvalue weighted by molar-refractivity contribution is 5.50. The van der Waals surface area contributed by atoms with Crippen LogP contribution >= 0.6 is 0 Å². The van der Waals surface area contributed by atoms with Gasteiger partial charge in [-0.25, -0.2) is 0 Å². The molecule has 0 bridgehead atoms. The zero-order chi connectivity index (χ0) is 9.10. The fourth-order valence-electron chi connectivity index (χ4n) is 1.20. The number of rotatable bonds is 1. The SMILES string of the molecule is [O-]C(=C1C=CC=C1)[n+]1ccccc1. The minimum atomic E-state index is 0.00519. The summed E-state index contributed by atoms with van der Waals surface area (Å²) in [6.45, 7) is 0. The lowest BCUT2D eigenvalue weighted by atomic mass is 10.3. The molecule has 64 valence electrons. The topological polar surface area (TPSA) is 26.9 Å². The highest BCUT2D eigenvalue weighted by atomic mass is 16.3. The maximum Gasteiger partial charge on any atom is 0.173 e. The summed E-state index contributed by atoms with van der Waals surface area (Å²) in [6, 6.07) is 5.55. The summed E-state index contributed by atoms with van der Waals surface area (Å²) < 4.78 is 1.56. The van der Waals surface area contributed by atoms with Gasteiger partial charge >= 0.3 is 0 Å². The van der Waals surface area contributed by atoms with Gasteiger partial charge in [0.05, 0.1) is 0 Å². The smallest absolute Gasteiger partial charge is 0.173 e. The molecule has 2 nitrogen and oxygen atoms in total. The van der Waals surface area contributed by atoms with E-state index in [9.17, 15) is 5.11 Å². The van der Waals surface area contributed by atoms with Crippen molar-refractivity contribution in [3.63, 3.8) is 0 Å². The molecule has 0 unspecified atom stereocenters. The molecule has 0 N–H and O–H groups in total. The summed E-state index contributed by atoms with van der Waals surface area (Å²) in [7, 11) is 0. The van der Waals surface area contributed by atoms with Crippen LogP contribution in [0.3, 0.4) is 0 Å². The van der Waals surface area contributed by atoms with Gasteiger partial charge in [0.15, 0.2) is 18.3 Å². The average molecular weight is 171 g/mol. The number of aromatic nitrogens is 1. The highest BCUT2D eigenvalue weighted by Gasteiger charge is 2.02. The van der Waals surface area contributed by atoms with Crippen LogP contribution in [0.25, 0.3) is 5.88 Å². The number of hydrogen-bond acceptors (Lipinski definition) is 1. The van der Waals surface area contributed by atoms with Crippen LogP contribution in [-0.4, -0.2) is 0 Å². The summed E-state index contributed by atoms with van der Waals surface area (Å²) in [6.07, 6.45) is 10.8. The van der Waals surface area contributed by atoms with Gasteiger partial charge in [0.2, 0.25) is 0 Å². The Labute approximate surface area is 76.8 Å². The van der Waals surface area contributed by atoms with E-state index in [4.69, 9.17) is 0 Å². The lowest BCUT2D eigenvalue weighted by Gasteiger charge is -2.05. The Morgan fingerprint density at radius 3 is 2.23 bits per heavy atom. The van der Waals surface area contributed by atoms with Crippen LogP contribution in [-0.2, 0) is 0 Å². The average Bonchev–Trinajstić information content (AvgIpc) is 2.71. The monoisotopic (exact) mass is 171 g/mol. The van der Waals surface area contributed by atoms with E-state index >= 15 is 0 Å². The first-order chi connectivity index (χ1) is 6.38. The van der Waals surface area contributed by atoms with Crippen LogP contribution in [0.15, 0.2) is 60.5 Å². The lowest BCUT2D eigenvalue weighted by Crippen LogP contribution is -2.38. The van der Waals surface area contributed by atoms with Gasteiger partial charge in [-0.2, -0.15) is 4.57 Å². The summed E-state index contributed by atoms with van der Waals surface area (Å²) >= 11 is 0. The predicted molar refractivity (Wildman–Crippen MR) is 48.1 cm³/mol. The van der Waals surface area contributed by atoms with Crippen molar-refractivity contribution in [3.05, 3.63) is 60.5 Å². The van der Waals surface area contributed by atoms with Gasteiger partial charge < -0.3 is 5.11 Å². The molecule has 0 radical (unpaired) electrons. The largest absolute Gasteiger partial charge is 0.822 e. The minimum absolute atomic E-state index is 0.00519. The molecule has 1 heterocycles. The molecule has 0 aliphatic heterocycles. The zero-order valence-corrected chi connectivity index (χ0v) is 7.05. The van der Waals surface area contributed by atoms with E-state index in [-0.39, 0.29) is 5.88 Å². The molecular weight excluding hydrogens is 162 g/mol. The first-order valence-electron chi connectivity index (χ1n) is 4.10. The third-order valence-electron chi connectivity index (χ3n) is 1.86. The Kier molecular flexibility index (Phi) is 1.96. The molecule has 0 saturated heterocycles. The van der Waals surface area contributed by atoms with E-state index in [1.165, 1.54) is 0 Å². The second kappa shape index (κ2) is 3.27. The molecule has 1 aliphatic rings. The normalized spacial score (nSPS) is 13.7. The molecule has 0 aromatic carbocycles. The molecule has 13 heavy (non-hydrogen) atoms. The van der Waals surface area contributed by atoms with Crippen molar-refractivity contribution in [2.45, 2.75) is 0 Å². The van der Waals surface area contributed by atoms with Crippen molar-refractivity contribution >= 4 is 5.88 Å². The fourth-order valence-corrected chi connectivity index (χ4v) is 1.20. The first-order valence-corrected chi connectivity index (χ1v) is 4.10. The Bertz CT molecular complexity index is 374. The van der Waals surface area contributed by atoms with Crippen LogP contribution in [0.4, 0.5) is 0 Å². The summed E-state index contributed by atoms with van der Waals surface area (Å²) in [5.41, 5.74) is 0.719. The quantitative estimate of drug-likeness (QED) is 0.449. The number of hydrogen-bond donors (Lipinski definition) is 0. The van der Waals surface area contributed by atoms with Crippen LogP contribution < -0.4 is 9.67 Å². The number of nitrogens with zero attached hydrogens (tertiary/aromatic N) is 1. The number of pyridine rings is 1. The molecule has 2 rings (SSSR count). The van der Waals surface area contributed by atoms with E-state index in [0.29, 0.717) is 0 Å². The summed E-state index contributed by atoms with van der Waals surface area (Å²) in [5.74, 6) is 0.00519. The highest BCUT2D eigenvalue weighted by Crippen LogP contribution is 2.08. The van der Waals surface area contributed by atoms with E-state index in [1.54, 1.807) is 17.0 Å². The summed E-state index contributed by atoms with van der Waals surface area (Å²) in [5, 5.41) is 11.7. The van der Waals surface area contributed by atoms with Gasteiger partial charge in [-0.05, 0) is 12.2 Å². The number of allylic oxidation sites excluding steroid dienone is 5. The van der Waals surface area contributed by atoms with Crippen molar-refractivity contribution in [1.29, 1.82) is 0 Å². The molecule has 0 spiro atoms. The standard InChI is InChI=1S/C11H9NO/c13-11(10-6-2-3-7-10)12-8-4-1-5-9-12/h1-9H. The molecule has 0 atom stereocenters. The van der Waals surface area contributed by atoms with Crippen molar-refractivity contribution in [2.24, 2.45) is 0 Å². The molecule has 0 saturated carbocycles. The van der Waals surface area contributed by atoms with Crippen LogP contribution in [0.1, 0.15) is 0 Å². The Morgan fingerprint density at radius 2 is 1.62 bits per heavy atom. The van der Waals surface area contributed by atoms with Gasteiger partial charge in [0.1, 0.15) is 0 Å². The molecule has 1 aromatic heterocycles. The molecule has 0 amide bonds. The van der Waals surface area contributed by atoms with Crippen LogP contribution in [0, 0.1) is 0 Å². The van der Waals surface area contributed by atoms with Crippen molar-refractivity contribution in [1.82, 2.24) is 0 Å². The Balaban J connectivity index is 2.43. The maximum absolute atomic E-state index is 11.7. The van der Waals surface area contributed by atoms with E-state index in [2.05, 4.69) is 0 Å². The fraction of sp³-hybridized carbons (Fsp3) is 0. The Hall–Kier alpha value is -1.83.